The average molecular weight is 768 g/mol. The predicted octanol–water partition coefficient (Wildman–Crippen LogP) is 10.0. The van der Waals surface area contributed by atoms with Crippen LogP contribution in [0.3, 0.4) is 0 Å². The van der Waals surface area contributed by atoms with Gasteiger partial charge < -0.3 is 19.5 Å². The van der Waals surface area contributed by atoms with Crippen LogP contribution in [0.25, 0.3) is 33.1 Å². The second kappa shape index (κ2) is 15.8. The molecule has 4 aromatic carbocycles. The van der Waals surface area contributed by atoms with Crippen molar-refractivity contribution in [1.29, 1.82) is 0 Å². The topological polar surface area (TPSA) is 115 Å². The van der Waals surface area contributed by atoms with E-state index in [0.717, 1.165) is 41.6 Å². The number of imidazole rings is 1. The molecule has 8 nitrogen and oxygen atoms in total. The number of para-hydroxylation sites is 1. The molecule has 1 fully saturated rings. The molecule has 15 heteroatoms. The number of benzene rings is 4. The number of carbonyl (C=O) groups is 2. The number of ether oxygens (including phenoxy) is 1. The summed E-state index contributed by atoms with van der Waals surface area (Å²) in [6.07, 6.45) is -6.69. The predicted molar refractivity (Wildman–Crippen MR) is 188 cm³/mol. The van der Waals surface area contributed by atoms with Gasteiger partial charge in [0.2, 0.25) is 0 Å². The molecule has 0 amide bonds. The van der Waals surface area contributed by atoms with Crippen molar-refractivity contribution < 1.29 is 55.3 Å². The van der Waals surface area contributed by atoms with Crippen LogP contribution >= 0.6 is 0 Å². The maximum Gasteiger partial charge on any atom is 0.490 e. The summed E-state index contributed by atoms with van der Waals surface area (Å²) >= 11 is 0. The Hall–Kier alpha value is -5.99. The molecule has 1 saturated carbocycles. The summed E-state index contributed by atoms with van der Waals surface area (Å²) in [4.78, 5) is 30.8. The first kappa shape index (κ1) is 38.7. The Bertz CT molecular complexity index is 2340. The minimum Gasteiger partial charge on any atom is -0.487 e. The van der Waals surface area contributed by atoms with Crippen LogP contribution < -0.4 is 4.74 Å². The van der Waals surface area contributed by atoms with Crippen LogP contribution in [0.4, 0.5) is 30.7 Å². The van der Waals surface area contributed by atoms with Crippen molar-refractivity contribution in [2.24, 2.45) is 5.92 Å². The van der Waals surface area contributed by atoms with E-state index in [1.165, 1.54) is 18.2 Å². The number of carboxylic acid groups (broad SMARTS) is 2. The smallest absolute Gasteiger partial charge is 0.487 e. The first-order valence-corrected chi connectivity index (χ1v) is 17.0. The summed E-state index contributed by atoms with van der Waals surface area (Å²) in [5.74, 6) is -3.98. The highest BCUT2D eigenvalue weighted by Crippen LogP contribution is 2.40. The summed E-state index contributed by atoms with van der Waals surface area (Å²) < 4.78 is 94.5. The fraction of sp³-hybridized carbons (Fsp3) is 0.250. The van der Waals surface area contributed by atoms with Gasteiger partial charge in [0.05, 0.1) is 40.3 Å². The van der Waals surface area contributed by atoms with Crippen molar-refractivity contribution in [3.8, 4) is 16.9 Å². The Balaban J connectivity index is 0.000000672. The molecule has 286 valence electrons. The van der Waals surface area contributed by atoms with Crippen LogP contribution in [-0.2, 0) is 28.9 Å². The van der Waals surface area contributed by atoms with Gasteiger partial charge in [0, 0.05) is 22.9 Å². The summed E-state index contributed by atoms with van der Waals surface area (Å²) in [7, 11) is 0. The number of hydrogen-bond acceptors (Lipinski definition) is 5. The first-order chi connectivity index (χ1) is 26.1. The fourth-order valence-electron chi connectivity index (χ4n) is 6.63. The van der Waals surface area contributed by atoms with Crippen LogP contribution in [-0.4, -0.2) is 42.9 Å². The summed E-state index contributed by atoms with van der Waals surface area (Å²) in [5.41, 5.74) is 3.43. The van der Waals surface area contributed by atoms with Crippen molar-refractivity contribution in [3.63, 3.8) is 0 Å². The summed E-state index contributed by atoms with van der Waals surface area (Å²) in [6.45, 7) is 0.332. The molecular formula is C40H32F7N3O5. The van der Waals surface area contributed by atoms with E-state index in [1.807, 2.05) is 53.1 Å². The van der Waals surface area contributed by atoms with E-state index in [0.29, 0.717) is 52.1 Å². The van der Waals surface area contributed by atoms with E-state index in [9.17, 15) is 36.2 Å². The molecule has 6 aromatic rings. The van der Waals surface area contributed by atoms with Crippen molar-refractivity contribution in [1.82, 2.24) is 14.5 Å². The van der Waals surface area contributed by atoms with E-state index < -0.39 is 41.6 Å². The van der Waals surface area contributed by atoms with Gasteiger partial charge >= 0.3 is 24.3 Å². The average Bonchev–Trinajstić information content (AvgIpc) is 3.51. The normalized spacial score (nSPS) is 16.1. The van der Waals surface area contributed by atoms with E-state index in [4.69, 9.17) is 19.6 Å². The maximum absolute atomic E-state index is 15.7. The first-order valence-electron chi connectivity index (χ1n) is 17.0. The third-order valence-corrected chi connectivity index (χ3v) is 9.38. The Morgan fingerprint density at radius 3 is 2.15 bits per heavy atom. The molecule has 2 heterocycles. The van der Waals surface area contributed by atoms with Gasteiger partial charge in [-0.3, -0.25) is 4.79 Å². The van der Waals surface area contributed by atoms with E-state index in [1.54, 1.807) is 18.2 Å². The van der Waals surface area contributed by atoms with Gasteiger partial charge in [0.1, 0.15) is 24.0 Å². The minimum absolute atomic E-state index is 0.0923. The van der Waals surface area contributed by atoms with Crippen molar-refractivity contribution >= 4 is 33.9 Å². The van der Waals surface area contributed by atoms with Crippen LogP contribution in [0.5, 0.6) is 5.75 Å². The van der Waals surface area contributed by atoms with E-state index >= 15 is 4.39 Å². The SMILES string of the molecule is O=C(O)C(F)(F)F.O=C(O)[C@H]1CCCC[C@H]1c1nc2cc(OCc3ccc4ccccc4n3)ccc2n1Cc1ccc(-c2ccc(C(F)(F)F)cc2)cc1F. The highest BCUT2D eigenvalue weighted by molar-refractivity contribution is 5.80. The zero-order chi connectivity index (χ0) is 39.5. The largest absolute Gasteiger partial charge is 0.490 e. The molecule has 0 aliphatic heterocycles. The summed E-state index contributed by atoms with van der Waals surface area (Å²) in [5, 5.41) is 18.2. The number of halogens is 7. The number of pyridine rings is 1. The van der Waals surface area contributed by atoms with Crippen LogP contribution in [0, 0.1) is 11.7 Å². The molecule has 2 atom stereocenters. The van der Waals surface area contributed by atoms with Crippen molar-refractivity contribution in [2.45, 2.75) is 57.1 Å². The molecule has 1 aliphatic rings. The van der Waals surface area contributed by atoms with Gasteiger partial charge in [0.15, 0.2) is 0 Å². The van der Waals surface area contributed by atoms with Crippen molar-refractivity contribution in [3.05, 3.63) is 126 Å². The molecule has 0 spiro atoms. The van der Waals surface area contributed by atoms with E-state index in [2.05, 4.69) is 4.98 Å². The molecule has 0 saturated heterocycles. The third kappa shape index (κ3) is 9.04. The Labute approximate surface area is 308 Å². The minimum atomic E-state index is -5.08. The zero-order valence-corrected chi connectivity index (χ0v) is 28.7. The van der Waals surface area contributed by atoms with Gasteiger partial charge in [-0.15, -0.1) is 0 Å². The molecule has 0 unspecified atom stereocenters. The number of alkyl halides is 6. The molecule has 55 heavy (non-hydrogen) atoms. The number of hydrogen-bond donors (Lipinski definition) is 2. The highest BCUT2D eigenvalue weighted by Gasteiger charge is 2.38. The number of carboxylic acids is 2. The molecule has 0 radical (unpaired) electrons. The van der Waals surface area contributed by atoms with Gasteiger partial charge in [-0.05, 0) is 66.4 Å². The van der Waals surface area contributed by atoms with Gasteiger partial charge in [-0.1, -0.05) is 61.4 Å². The lowest BCUT2D eigenvalue weighted by Crippen LogP contribution is -2.28. The number of fused-ring (bicyclic) bond motifs is 2. The second-order valence-corrected chi connectivity index (χ2v) is 13.0. The lowest BCUT2D eigenvalue weighted by atomic mass is 9.78. The number of nitrogens with zero attached hydrogens (tertiary/aromatic N) is 3. The number of aromatic nitrogens is 3. The number of rotatable bonds is 8. The number of aliphatic carboxylic acids is 2. The quantitative estimate of drug-likeness (QED) is 0.148. The van der Waals surface area contributed by atoms with E-state index in [-0.39, 0.29) is 19.1 Å². The molecular weight excluding hydrogens is 735 g/mol. The monoisotopic (exact) mass is 767 g/mol. The fourth-order valence-corrected chi connectivity index (χ4v) is 6.63. The molecule has 2 N–H and O–H groups in total. The van der Waals surface area contributed by atoms with Gasteiger partial charge in [-0.2, -0.15) is 26.3 Å². The Morgan fingerprint density at radius 1 is 0.782 bits per heavy atom. The van der Waals surface area contributed by atoms with Crippen LogP contribution in [0.2, 0.25) is 0 Å². The van der Waals surface area contributed by atoms with Gasteiger partial charge in [-0.25, -0.2) is 19.2 Å². The molecule has 1 aliphatic carbocycles. The highest BCUT2D eigenvalue weighted by atomic mass is 19.4. The third-order valence-electron chi connectivity index (χ3n) is 9.38. The van der Waals surface area contributed by atoms with Gasteiger partial charge in [0.25, 0.3) is 0 Å². The second-order valence-electron chi connectivity index (χ2n) is 13.0. The van der Waals surface area contributed by atoms with Crippen LogP contribution in [0.15, 0.2) is 97.1 Å². The maximum atomic E-state index is 15.7. The molecule has 7 rings (SSSR count). The summed E-state index contributed by atoms with van der Waals surface area (Å²) in [6, 6.07) is 26.4. The zero-order valence-electron chi connectivity index (χ0n) is 28.7. The lowest BCUT2D eigenvalue weighted by molar-refractivity contribution is -0.192. The lowest BCUT2D eigenvalue weighted by Gasteiger charge is -2.28. The Morgan fingerprint density at radius 2 is 1.47 bits per heavy atom. The standard InChI is InChI=1S/C38H31F4N3O3.C2HF3O2/c39-32-19-25(23-11-14-27(15-12-23)38(40,41)42)9-10-26(32)21-45-35-18-17-29(48-22-28-16-13-24-5-1-4-8-33(24)43-28)20-34(35)44-36(45)30-6-2-3-7-31(30)37(46)47;3-2(4,5)1(6)7/h1,4-5,8-20,30-31H,2-3,6-7,21-22H2,(H,46,47);(H,6,7)/t30-,31+;/m1./s1. The van der Waals surface area contributed by atoms with Crippen LogP contribution in [0.1, 0.15) is 54.2 Å². The molecule has 2 aromatic heterocycles. The molecule has 0 bridgehead atoms. The van der Waals surface area contributed by atoms with Crippen molar-refractivity contribution in [2.75, 3.05) is 0 Å². The Kier molecular flexibility index (Phi) is 11.1.